The molecule has 0 radical (unpaired) electrons. The van der Waals surface area contributed by atoms with Crippen molar-refractivity contribution < 1.29 is 5.11 Å². The van der Waals surface area contributed by atoms with Gasteiger partial charge in [-0.2, -0.15) is 5.26 Å². The SMILES string of the molecule is CCCN(CC)c1ccc(CO)cc1C#N. The van der Waals surface area contributed by atoms with E-state index in [2.05, 4.69) is 24.8 Å². The maximum atomic E-state index is 9.09. The molecule has 0 heterocycles. The number of hydrogen-bond donors (Lipinski definition) is 1. The van der Waals surface area contributed by atoms with Gasteiger partial charge in [-0.1, -0.05) is 13.0 Å². The molecule has 1 rings (SSSR count). The maximum absolute atomic E-state index is 9.09. The van der Waals surface area contributed by atoms with E-state index < -0.39 is 0 Å². The normalized spacial score (nSPS) is 9.88. The summed E-state index contributed by atoms with van der Waals surface area (Å²) in [5, 5.41) is 18.1. The molecule has 0 fully saturated rings. The lowest BCUT2D eigenvalue weighted by atomic mass is 10.1. The molecule has 1 aromatic carbocycles. The molecule has 0 saturated carbocycles. The van der Waals surface area contributed by atoms with Gasteiger partial charge < -0.3 is 10.0 Å². The lowest BCUT2D eigenvalue weighted by Crippen LogP contribution is -2.24. The van der Waals surface area contributed by atoms with Crippen molar-refractivity contribution in [2.75, 3.05) is 18.0 Å². The van der Waals surface area contributed by atoms with Gasteiger partial charge >= 0.3 is 0 Å². The van der Waals surface area contributed by atoms with E-state index in [0.29, 0.717) is 5.56 Å². The summed E-state index contributed by atoms with van der Waals surface area (Å²) in [6.07, 6.45) is 1.06. The summed E-state index contributed by atoms with van der Waals surface area (Å²) < 4.78 is 0. The van der Waals surface area contributed by atoms with Gasteiger partial charge in [0.15, 0.2) is 0 Å². The first-order valence-corrected chi connectivity index (χ1v) is 5.65. The Hall–Kier alpha value is -1.53. The number of rotatable bonds is 5. The molecule has 0 spiro atoms. The minimum Gasteiger partial charge on any atom is -0.392 e. The topological polar surface area (TPSA) is 47.3 Å². The van der Waals surface area contributed by atoms with E-state index in [0.717, 1.165) is 30.8 Å². The van der Waals surface area contributed by atoms with Gasteiger partial charge in [0.25, 0.3) is 0 Å². The van der Waals surface area contributed by atoms with Crippen LogP contribution < -0.4 is 4.90 Å². The molecule has 0 aromatic heterocycles. The Morgan fingerprint density at radius 2 is 2.12 bits per heavy atom. The molecular weight excluding hydrogens is 200 g/mol. The zero-order valence-electron chi connectivity index (χ0n) is 9.90. The third-order valence-corrected chi connectivity index (χ3v) is 2.58. The van der Waals surface area contributed by atoms with Crippen molar-refractivity contribution >= 4 is 5.69 Å². The average molecular weight is 218 g/mol. The first-order valence-electron chi connectivity index (χ1n) is 5.65. The van der Waals surface area contributed by atoms with Crippen LogP contribution in [0.2, 0.25) is 0 Å². The van der Waals surface area contributed by atoms with E-state index in [1.165, 1.54) is 0 Å². The van der Waals surface area contributed by atoms with Gasteiger partial charge in [-0.15, -0.1) is 0 Å². The second kappa shape index (κ2) is 6.14. The fourth-order valence-corrected chi connectivity index (χ4v) is 1.77. The molecule has 3 nitrogen and oxygen atoms in total. The van der Waals surface area contributed by atoms with Crippen LogP contribution in [0.4, 0.5) is 5.69 Å². The van der Waals surface area contributed by atoms with Crippen LogP contribution in [-0.4, -0.2) is 18.2 Å². The highest BCUT2D eigenvalue weighted by Crippen LogP contribution is 2.21. The minimum absolute atomic E-state index is 0.0190. The van der Waals surface area contributed by atoms with Gasteiger partial charge in [-0.05, 0) is 31.0 Å². The Kier molecular flexibility index (Phi) is 4.81. The molecule has 16 heavy (non-hydrogen) atoms. The highest BCUT2D eigenvalue weighted by Gasteiger charge is 2.09. The van der Waals surface area contributed by atoms with Gasteiger partial charge in [0.2, 0.25) is 0 Å². The molecule has 0 aliphatic heterocycles. The van der Waals surface area contributed by atoms with Gasteiger partial charge in [-0.3, -0.25) is 0 Å². The number of aliphatic hydroxyl groups is 1. The second-order valence-corrected chi connectivity index (χ2v) is 3.70. The van der Waals surface area contributed by atoms with Gasteiger partial charge in [-0.25, -0.2) is 0 Å². The van der Waals surface area contributed by atoms with Crippen molar-refractivity contribution in [3.05, 3.63) is 29.3 Å². The molecule has 0 aliphatic carbocycles. The van der Waals surface area contributed by atoms with E-state index in [9.17, 15) is 0 Å². The molecule has 0 amide bonds. The second-order valence-electron chi connectivity index (χ2n) is 3.70. The van der Waals surface area contributed by atoms with Gasteiger partial charge in [0.05, 0.1) is 17.9 Å². The minimum atomic E-state index is -0.0190. The molecule has 1 N–H and O–H groups in total. The fourth-order valence-electron chi connectivity index (χ4n) is 1.77. The molecule has 1 aromatic rings. The zero-order valence-corrected chi connectivity index (χ0v) is 9.90. The quantitative estimate of drug-likeness (QED) is 0.824. The summed E-state index contributed by atoms with van der Waals surface area (Å²) in [4.78, 5) is 2.18. The van der Waals surface area contributed by atoms with E-state index >= 15 is 0 Å². The first kappa shape index (κ1) is 12.5. The Morgan fingerprint density at radius 1 is 1.38 bits per heavy atom. The highest BCUT2D eigenvalue weighted by atomic mass is 16.3. The fraction of sp³-hybridized carbons (Fsp3) is 0.462. The van der Waals surface area contributed by atoms with Crippen molar-refractivity contribution in [3.8, 4) is 6.07 Å². The Labute approximate surface area is 96.9 Å². The summed E-state index contributed by atoms with van der Waals surface area (Å²) in [6, 6.07) is 7.74. The molecule has 0 saturated heterocycles. The summed E-state index contributed by atoms with van der Waals surface area (Å²) in [5.74, 6) is 0. The summed E-state index contributed by atoms with van der Waals surface area (Å²) in [5.41, 5.74) is 2.39. The monoisotopic (exact) mass is 218 g/mol. The Morgan fingerprint density at radius 3 is 2.62 bits per heavy atom. The van der Waals surface area contributed by atoms with Crippen LogP contribution in [0.15, 0.2) is 18.2 Å². The van der Waals surface area contributed by atoms with E-state index in [1.807, 2.05) is 12.1 Å². The van der Waals surface area contributed by atoms with Crippen molar-refractivity contribution in [2.24, 2.45) is 0 Å². The number of benzene rings is 1. The predicted octanol–water partition coefficient (Wildman–Crippen LogP) is 2.29. The molecule has 86 valence electrons. The first-order chi connectivity index (χ1) is 7.76. The lowest BCUT2D eigenvalue weighted by molar-refractivity contribution is 0.282. The molecule has 3 heteroatoms. The molecular formula is C13H18N2O. The number of aliphatic hydroxyl groups excluding tert-OH is 1. The van der Waals surface area contributed by atoms with E-state index in [4.69, 9.17) is 10.4 Å². The lowest BCUT2D eigenvalue weighted by Gasteiger charge is -2.23. The molecule has 0 aliphatic rings. The average Bonchev–Trinajstić information content (AvgIpc) is 2.35. The van der Waals surface area contributed by atoms with E-state index in [-0.39, 0.29) is 6.61 Å². The number of nitriles is 1. The van der Waals surface area contributed by atoms with Crippen LogP contribution in [0.3, 0.4) is 0 Å². The number of hydrogen-bond acceptors (Lipinski definition) is 3. The Balaban J connectivity index is 3.07. The van der Waals surface area contributed by atoms with Gasteiger partial charge in [0.1, 0.15) is 6.07 Å². The predicted molar refractivity (Wildman–Crippen MR) is 65.3 cm³/mol. The molecule has 0 bridgehead atoms. The van der Waals surface area contributed by atoms with Gasteiger partial charge in [0, 0.05) is 13.1 Å². The maximum Gasteiger partial charge on any atom is 0.101 e. The summed E-state index contributed by atoms with van der Waals surface area (Å²) in [6.45, 7) is 6.02. The van der Waals surface area contributed by atoms with Crippen molar-refractivity contribution in [1.82, 2.24) is 0 Å². The third-order valence-electron chi connectivity index (χ3n) is 2.58. The van der Waals surface area contributed by atoms with Crippen LogP contribution in [0.25, 0.3) is 0 Å². The van der Waals surface area contributed by atoms with Crippen molar-refractivity contribution in [3.63, 3.8) is 0 Å². The zero-order chi connectivity index (χ0) is 12.0. The van der Waals surface area contributed by atoms with Crippen LogP contribution in [0.1, 0.15) is 31.4 Å². The van der Waals surface area contributed by atoms with Crippen LogP contribution >= 0.6 is 0 Å². The Bertz CT molecular complexity index is 382. The van der Waals surface area contributed by atoms with Crippen molar-refractivity contribution in [1.29, 1.82) is 5.26 Å². The van der Waals surface area contributed by atoms with Crippen LogP contribution in [0, 0.1) is 11.3 Å². The highest BCUT2D eigenvalue weighted by molar-refractivity contribution is 5.60. The van der Waals surface area contributed by atoms with E-state index in [1.54, 1.807) is 6.07 Å². The smallest absolute Gasteiger partial charge is 0.101 e. The summed E-state index contributed by atoms with van der Waals surface area (Å²) in [7, 11) is 0. The van der Waals surface area contributed by atoms with Crippen LogP contribution in [0.5, 0.6) is 0 Å². The van der Waals surface area contributed by atoms with Crippen LogP contribution in [-0.2, 0) is 6.61 Å². The summed E-state index contributed by atoms with van der Waals surface area (Å²) >= 11 is 0. The number of nitrogens with zero attached hydrogens (tertiary/aromatic N) is 2. The molecule has 0 unspecified atom stereocenters. The third kappa shape index (κ3) is 2.74. The van der Waals surface area contributed by atoms with Crippen molar-refractivity contribution in [2.45, 2.75) is 26.9 Å². The molecule has 0 atom stereocenters. The number of anilines is 1. The largest absolute Gasteiger partial charge is 0.392 e. The standard InChI is InChI=1S/C13H18N2O/c1-3-7-15(4-2)13-6-5-11(10-16)8-12(13)9-14/h5-6,8,16H,3-4,7,10H2,1-2H3.